The first-order chi connectivity index (χ1) is 12.2. The number of fused-ring (bicyclic) bond motifs is 3. The monoisotopic (exact) mass is 423 g/mol. The number of nitrogens with zero attached hydrogens (tertiary/aromatic N) is 3. The van der Waals surface area contributed by atoms with Crippen molar-refractivity contribution in [1.29, 1.82) is 0 Å². The van der Waals surface area contributed by atoms with Gasteiger partial charge in [-0.2, -0.15) is 4.73 Å². The molecule has 0 saturated carbocycles. The molecule has 0 unspecified atom stereocenters. The van der Waals surface area contributed by atoms with Gasteiger partial charge in [0.25, 0.3) is 0 Å². The zero-order chi connectivity index (χ0) is 17.4. The van der Waals surface area contributed by atoms with Crippen LogP contribution in [-0.2, 0) is 17.7 Å². The zero-order valence-electron chi connectivity index (χ0n) is 14.3. The van der Waals surface area contributed by atoms with Crippen molar-refractivity contribution in [2.45, 2.75) is 45.6 Å². The van der Waals surface area contributed by atoms with Gasteiger partial charge >= 0.3 is 0 Å². The van der Waals surface area contributed by atoms with Crippen LogP contribution in [0.5, 0.6) is 0 Å². The molecule has 0 spiro atoms. The van der Waals surface area contributed by atoms with Crippen LogP contribution in [0.15, 0.2) is 16.0 Å². The Hall–Kier alpha value is -1.18. The van der Waals surface area contributed by atoms with E-state index in [1.54, 1.807) is 17.5 Å². The average Bonchev–Trinajstić information content (AvgIpc) is 3.15. The zero-order valence-corrected chi connectivity index (χ0v) is 16.7. The van der Waals surface area contributed by atoms with Crippen molar-refractivity contribution in [2.75, 3.05) is 13.2 Å². The highest BCUT2D eigenvalue weighted by atomic mass is 79.9. The van der Waals surface area contributed by atoms with Gasteiger partial charge in [0.05, 0.1) is 9.30 Å². The van der Waals surface area contributed by atoms with Crippen LogP contribution >= 0.6 is 27.3 Å². The van der Waals surface area contributed by atoms with E-state index in [1.165, 1.54) is 0 Å². The lowest BCUT2D eigenvalue weighted by Crippen LogP contribution is -2.26. The van der Waals surface area contributed by atoms with Crippen molar-refractivity contribution in [2.24, 2.45) is 5.92 Å². The molecule has 3 aromatic heterocycles. The van der Waals surface area contributed by atoms with Crippen LogP contribution in [0.25, 0.3) is 21.3 Å². The first kappa shape index (κ1) is 17.2. The van der Waals surface area contributed by atoms with E-state index in [1.807, 2.05) is 6.07 Å². The molecule has 1 aliphatic rings. The Kier molecular flexibility index (Phi) is 4.97. The molecule has 0 radical (unpaired) electrons. The summed E-state index contributed by atoms with van der Waals surface area (Å²) in [5.74, 6) is 1.73. The van der Waals surface area contributed by atoms with Crippen LogP contribution in [0.2, 0.25) is 0 Å². The molecule has 0 aromatic carbocycles. The van der Waals surface area contributed by atoms with E-state index in [-0.39, 0.29) is 0 Å². The van der Waals surface area contributed by atoms with Crippen molar-refractivity contribution in [3.05, 3.63) is 27.1 Å². The quantitative estimate of drug-likeness (QED) is 0.450. The third-order valence-electron chi connectivity index (χ3n) is 4.98. The molecule has 0 N–H and O–H groups in total. The van der Waals surface area contributed by atoms with Gasteiger partial charge < -0.3 is 14.5 Å². The second-order valence-corrected chi connectivity index (χ2v) is 9.18. The Morgan fingerprint density at radius 3 is 3.00 bits per heavy atom. The van der Waals surface area contributed by atoms with E-state index in [2.05, 4.69) is 27.4 Å². The molecule has 5 nitrogen and oxygen atoms in total. The fourth-order valence-corrected chi connectivity index (χ4v) is 5.26. The number of aromatic nitrogens is 3. The van der Waals surface area contributed by atoms with E-state index >= 15 is 0 Å². The number of ether oxygens (including phenoxy) is 1. The number of thiophene rings is 1. The highest BCUT2D eigenvalue weighted by molar-refractivity contribution is 9.11. The smallest absolute Gasteiger partial charge is 0.238 e. The van der Waals surface area contributed by atoms with Gasteiger partial charge in [-0.3, -0.25) is 0 Å². The lowest BCUT2D eigenvalue weighted by Gasteiger charge is -2.23. The summed E-state index contributed by atoms with van der Waals surface area (Å²) < 4.78 is 10.9. The molecule has 0 amide bonds. The number of aryl methyl sites for hydroxylation is 1. The third kappa shape index (κ3) is 3.29. The van der Waals surface area contributed by atoms with Crippen LogP contribution in [0.1, 0.15) is 38.4 Å². The number of halogens is 1. The fourth-order valence-electron chi connectivity index (χ4n) is 3.62. The SMILES string of the molecule is CCCCc1nc2c[n+]([O-])c3cc(Br)sc3c2n1CC1CCOCC1. The molecule has 4 heterocycles. The van der Waals surface area contributed by atoms with Crippen molar-refractivity contribution in [3.8, 4) is 0 Å². The van der Waals surface area contributed by atoms with Crippen LogP contribution in [0.3, 0.4) is 0 Å². The Bertz CT molecular complexity index is 899. The molecular formula is C18H22BrN3O2S. The summed E-state index contributed by atoms with van der Waals surface area (Å²) in [5, 5.41) is 12.4. The molecule has 3 aromatic rings. The van der Waals surface area contributed by atoms with Gasteiger partial charge in [-0.1, -0.05) is 13.3 Å². The molecule has 4 rings (SSSR count). The summed E-state index contributed by atoms with van der Waals surface area (Å²) in [5.41, 5.74) is 2.66. The highest BCUT2D eigenvalue weighted by Crippen LogP contribution is 2.34. The predicted octanol–water partition coefficient (Wildman–Crippen LogP) is 4.42. The molecule has 7 heteroatoms. The van der Waals surface area contributed by atoms with Gasteiger partial charge in [0.15, 0.2) is 5.52 Å². The summed E-state index contributed by atoms with van der Waals surface area (Å²) >= 11 is 5.16. The summed E-state index contributed by atoms with van der Waals surface area (Å²) in [6, 6.07) is 1.91. The maximum atomic E-state index is 12.4. The van der Waals surface area contributed by atoms with Gasteiger partial charge in [-0.25, -0.2) is 4.98 Å². The molecule has 1 saturated heterocycles. The average molecular weight is 424 g/mol. The second-order valence-electron chi connectivity index (χ2n) is 6.75. The second kappa shape index (κ2) is 7.21. The standard InChI is InChI=1S/C18H22BrN3O2S/c1-2-3-4-16-20-13-11-22(23)14-9-15(19)25-18(14)17(13)21(16)10-12-5-7-24-8-6-12/h9,11-12H,2-8,10H2,1H3. The third-order valence-corrected chi connectivity index (χ3v) is 6.62. The summed E-state index contributed by atoms with van der Waals surface area (Å²) in [7, 11) is 0. The van der Waals surface area contributed by atoms with Gasteiger partial charge in [0, 0.05) is 32.2 Å². The molecule has 0 bridgehead atoms. The van der Waals surface area contributed by atoms with E-state index in [0.29, 0.717) is 5.92 Å². The van der Waals surface area contributed by atoms with Crippen molar-refractivity contribution < 1.29 is 9.47 Å². The first-order valence-electron chi connectivity index (χ1n) is 8.95. The number of unbranched alkanes of at least 4 members (excludes halogenated alkanes) is 1. The lowest BCUT2D eigenvalue weighted by molar-refractivity contribution is -0.575. The number of hydrogen-bond acceptors (Lipinski definition) is 4. The molecule has 134 valence electrons. The summed E-state index contributed by atoms with van der Waals surface area (Å²) in [6.07, 6.45) is 7.04. The Morgan fingerprint density at radius 1 is 1.44 bits per heavy atom. The number of rotatable bonds is 5. The van der Waals surface area contributed by atoms with Crippen molar-refractivity contribution in [3.63, 3.8) is 0 Å². The Balaban J connectivity index is 1.87. The van der Waals surface area contributed by atoms with Crippen LogP contribution < -0.4 is 4.73 Å². The minimum atomic E-state index is 0.615. The van der Waals surface area contributed by atoms with E-state index in [0.717, 1.165) is 87.5 Å². The van der Waals surface area contributed by atoms with Gasteiger partial charge in [0.1, 0.15) is 10.5 Å². The number of pyridine rings is 1. The van der Waals surface area contributed by atoms with Gasteiger partial charge in [-0.15, -0.1) is 11.3 Å². The van der Waals surface area contributed by atoms with Crippen LogP contribution in [0, 0.1) is 11.1 Å². The van der Waals surface area contributed by atoms with Gasteiger partial charge in [-0.05, 0) is 41.1 Å². The van der Waals surface area contributed by atoms with E-state index in [4.69, 9.17) is 9.72 Å². The normalized spacial score (nSPS) is 16.2. The minimum absolute atomic E-state index is 0.615. The van der Waals surface area contributed by atoms with E-state index < -0.39 is 0 Å². The Labute approximate surface area is 159 Å². The minimum Gasteiger partial charge on any atom is -0.618 e. The molecule has 1 fully saturated rings. The predicted molar refractivity (Wildman–Crippen MR) is 104 cm³/mol. The maximum Gasteiger partial charge on any atom is 0.238 e. The first-order valence-corrected chi connectivity index (χ1v) is 10.6. The summed E-state index contributed by atoms with van der Waals surface area (Å²) in [6.45, 7) is 4.86. The number of imidazole rings is 1. The molecular weight excluding hydrogens is 402 g/mol. The molecule has 0 aliphatic carbocycles. The van der Waals surface area contributed by atoms with Crippen LogP contribution in [0.4, 0.5) is 0 Å². The van der Waals surface area contributed by atoms with Crippen molar-refractivity contribution >= 4 is 48.5 Å². The van der Waals surface area contributed by atoms with Crippen molar-refractivity contribution in [1.82, 2.24) is 9.55 Å². The highest BCUT2D eigenvalue weighted by Gasteiger charge is 2.23. The Morgan fingerprint density at radius 2 is 2.24 bits per heavy atom. The van der Waals surface area contributed by atoms with E-state index in [9.17, 15) is 5.21 Å². The number of hydrogen-bond donors (Lipinski definition) is 0. The van der Waals surface area contributed by atoms with Crippen LogP contribution in [-0.4, -0.2) is 22.8 Å². The fraction of sp³-hybridized carbons (Fsp3) is 0.556. The maximum absolute atomic E-state index is 12.4. The topological polar surface area (TPSA) is 54.0 Å². The molecule has 25 heavy (non-hydrogen) atoms. The molecule has 0 atom stereocenters. The summed E-state index contributed by atoms with van der Waals surface area (Å²) in [4.78, 5) is 4.84. The lowest BCUT2D eigenvalue weighted by atomic mass is 10.00. The molecule has 1 aliphatic heterocycles. The van der Waals surface area contributed by atoms with Gasteiger partial charge in [0.2, 0.25) is 11.7 Å². The largest absolute Gasteiger partial charge is 0.618 e.